The molecule has 19 heavy (non-hydrogen) atoms. The fourth-order valence-corrected chi connectivity index (χ4v) is 2.39. The Labute approximate surface area is 111 Å². The summed E-state index contributed by atoms with van der Waals surface area (Å²) in [6.45, 7) is 0. The minimum absolute atomic E-state index is 0.0385. The molecule has 0 bridgehead atoms. The second-order valence-electron chi connectivity index (χ2n) is 4.62. The van der Waals surface area contributed by atoms with Gasteiger partial charge in [0.05, 0.1) is 6.04 Å². The van der Waals surface area contributed by atoms with Gasteiger partial charge >= 0.3 is 0 Å². The molecule has 0 radical (unpaired) electrons. The van der Waals surface area contributed by atoms with Crippen LogP contribution in [0.4, 0.5) is 0 Å². The Balaban J connectivity index is 1.90. The zero-order valence-electron chi connectivity index (χ0n) is 10.3. The zero-order valence-corrected chi connectivity index (χ0v) is 10.3. The molecular formula is C16H13NO2. The molecule has 2 aromatic rings. The molecule has 0 saturated heterocycles. The minimum atomic E-state index is -0.468. The highest BCUT2D eigenvalue weighted by Crippen LogP contribution is 2.18. The molecule has 1 amide bonds. The summed E-state index contributed by atoms with van der Waals surface area (Å²) >= 11 is 0. The lowest BCUT2D eigenvalue weighted by Gasteiger charge is -2.24. The van der Waals surface area contributed by atoms with Crippen LogP contribution in [0.1, 0.15) is 26.3 Å². The molecule has 1 atom stereocenters. The Morgan fingerprint density at radius 1 is 1.00 bits per heavy atom. The monoisotopic (exact) mass is 251 g/mol. The van der Waals surface area contributed by atoms with Crippen LogP contribution in [0.2, 0.25) is 0 Å². The van der Waals surface area contributed by atoms with Crippen molar-refractivity contribution in [1.29, 1.82) is 0 Å². The Morgan fingerprint density at radius 3 is 2.47 bits per heavy atom. The zero-order chi connectivity index (χ0) is 13.2. The van der Waals surface area contributed by atoms with Gasteiger partial charge in [-0.15, -0.1) is 0 Å². The third-order valence-electron chi connectivity index (χ3n) is 3.37. The number of ketones is 1. The lowest BCUT2D eigenvalue weighted by molar-refractivity contribution is 0.0844. The number of carbonyl (C=O) groups is 2. The molecule has 1 unspecified atom stereocenters. The maximum Gasteiger partial charge on any atom is 0.252 e. The predicted molar refractivity (Wildman–Crippen MR) is 72.2 cm³/mol. The van der Waals surface area contributed by atoms with E-state index in [0.717, 1.165) is 5.56 Å². The van der Waals surface area contributed by atoms with Gasteiger partial charge in [0, 0.05) is 17.5 Å². The van der Waals surface area contributed by atoms with E-state index in [4.69, 9.17) is 0 Å². The van der Waals surface area contributed by atoms with E-state index in [2.05, 4.69) is 5.32 Å². The lowest BCUT2D eigenvalue weighted by Crippen LogP contribution is -2.46. The van der Waals surface area contributed by atoms with Crippen molar-refractivity contribution in [2.45, 2.75) is 12.5 Å². The number of carbonyl (C=O) groups excluding carboxylic acids is 2. The van der Waals surface area contributed by atoms with Crippen LogP contribution in [0.15, 0.2) is 54.6 Å². The predicted octanol–water partition coefficient (Wildman–Crippen LogP) is 2.22. The number of rotatable bonds is 2. The molecule has 1 aliphatic heterocycles. The van der Waals surface area contributed by atoms with Crippen LogP contribution in [-0.2, 0) is 6.42 Å². The summed E-state index contributed by atoms with van der Waals surface area (Å²) in [7, 11) is 0. The van der Waals surface area contributed by atoms with Crippen molar-refractivity contribution in [3.05, 3.63) is 71.3 Å². The highest BCUT2D eigenvalue weighted by molar-refractivity contribution is 6.06. The Morgan fingerprint density at radius 2 is 1.68 bits per heavy atom. The molecule has 2 aromatic carbocycles. The maximum atomic E-state index is 12.3. The molecule has 0 spiro atoms. The molecule has 1 aliphatic rings. The molecule has 1 N–H and O–H groups in total. The highest BCUT2D eigenvalue weighted by Gasteiger charge is 2.29. The first-order valence-electron chi connectivity index (χ1n) is 6.24. The second kappa shape index (κ2) is 4.69. The largest absolute Gasteiger partial charge is 0.341 e. The van der Waals surface area contributed by atoms with Crippen LogP contribution in [-0.4, -0.2) is 17.7 Å². The molecule has 3 heteroatoms. The van der Waals surface area contributed by atoms with Gasteiger partial charge in [-0.2, -0.15) is 0 Å². The van der Waals surface area contributed by atoms with E-state index in [0.29, 0.717) is 17.5 Å². The number of hydrogen-bond acceptors (Lipinski definition) is 2. The van der Waals surface area contributed by atoms with Crippen molar-refractivity contribution in [1.82, 2.24) is 5.32 Å². The van der Waals surface area contributed by atoms with Gasteiger partial charge in [0.15, 0.2) is 5.78 Å². The van der Waals surface area contributed by atoms with E-state index < -0.39 is 6.04 Å². The first-order valence-corrected chi connectivity index (χ1v) is 6.24. The summed E-state index contributed by atoms with van der Waals surface area (Å²) in [4.78, 5) is 24.3. The summed E-state index contributed by atoms with van der Waals surface area (Å²) in [5.74, 6) is -0.209. The SMILES string of the molecule is O=C1NC(C(=O)c2ccccc2)Cc2ccccc21. The fourth-order valence-electron chi connectivity index (χ4n) is 2.39. The van der Waals surface area contributed by atoms with Gasteiger partial charge in [-0.05, 0) is 11.6 Å². The maximum absolute atomic E-state index is 12.3. The fraction of sp³-hybridized carbons (Fsp3) is 0.125. The van der Waals surface area contributed by atoms with E-state index in [-0.39, 0.29) is 11.7 Å². The molecule has 3 rings (SSSR count). The van der Waals surface area contributed by atoms with Crippen LogP contribution in [0.3, 0.4) is 0 Å². The topological polar surface area (TPSA) is 46.2 Å². The van der Waals surface area contributed by atoms with E-state index >= 15 is 0 Å². The minimum Gasteiger partial charge on any atom is -0.341 e. The number of hydrogen-bond donors (Lipinski definition) is 1. The molecule has 0 aromatic heterocycles. The van der Waals surface area contributed by atoms with Gasteiger partial charge in [0.25, 0.3) is 5.91 Å². The molecular weight excluding hydrogens is 238 g/mol. The standard InChI is InChI=1S/C16H13NO2/c18-15(11-6-2-1-3-7-11)14-10-12-8-4-5-9-13(12)16(19)17-14/h1-9,14H,10H2,(H,17,19). The van der Waals surface area contributed by atoms with Crippen LogP contribution in [0.5, 0.6) is 0 Å². The Kier molecular flexibility index (Phi) is 2.88. The average Bonchev–Trinajstić information content (AvgIpc) is 2.47. The number of amides is 1. The van der Waals surface area contributed by atoms with Crippen LogP contribution < -0.4 is 5.32 Å². The molecule has 94 valence electrons. The first-order chi connectivity index (χ1) is 9.25. The van der Waals surface area contributed by atoms with Gasteiger partial charge in [-0.25, -0.2) is 0 Å². The van der Waals surface area contributed by atoms with Crippen molar-refractivity contribution < 1.29 is 9.59 Å². The quantitative estimate of drug-likeness (QED) is 0.832. The van der Waals surface area contributed by atoms with Crippen molar-refractivity contribution in [3.8, 4) is 0 Å². The smallest absolute Gasteiger partial charge is 0.252 e. The van der Waals surface area contributed by atoms with E-state index in [9.17, 15) is 9.59 Å². The molecule has 0 fully saturated rings. The molecule has 0 saturated carbocycles. The second-order valence-corrected chi connectivity index (χ2v) is 4.62. The van der Waals surface area contributed by atoms with Crippen molar-refractivity contribution in [2.24, 2.45) is 0 Å². The van der Waals surface area contributed by atoms with Crippen LogP contribution in [0.25, 0.3) is 0 Å². The Hall–Kier alpha value is -2.42. The molecule has 1 heterocycles. The van der Waals surface area contributed by atoms with E-state index in [1.165, 1.54) is 0 Å². The summed E-state index contributed by atoms with van der Waals surface area (Å²) in [5, 5.41) is 2.78. The number of fused-ring (bicyclic) bond motifs is 1. The normalized spacial score (nSPS) is 17.5. The summed E-state index contributed by atoms with van der Waals surface area (Å²) in [6, 6.07) is 16.0. The Bertz CT molecular complexity index is 634. The summed E-state index contributed by atoms with van der Waals surface area (Å²) < 4.78 is 0. The highest BCUT2D eigenvalue weighted by atomic mass is 16.2. The van der Waals surface area contributed by atoms with Crippen molar-refractivity contribution in [3.63, 3.8) is 0 Å². The van der Waals surface area contributed by atoms with Gasteiger partial charge in [0.2, 0.25) is 0 Å². The van der Waals surface area contributed by atoms with Crippen LogP contribution in [0, 0.1) is 0 Å². The average molecular weight is 251 g/mol. The summed E-state index contributed by atoms with van der Waals surface area (Å²) in [6.07, 6.45) is 0.551. The molecule has 0 aliphatic carbocycles. The summed E-state index contributed by atoms with van der Waals surface area (Å²) in [5.41, 5.74) is 2.23. The van der Waals surface area contributed by atoms with Gasteiger partial charge in [-0.3, -0.25) is 9.59 Å². The number of benzene rings is 2. The van der Waals surface area contributed by atoms with Gasteiger partial charge in [0.1, 0.15) is 0 Å². The third kappa shape index (κ3) is 2.15. The first kappa shape index (κ1) is 11.7. The number of nitrogens with one attached hydrogen (secondary N) is 1. The van der Waals surface area contributed by atoms with Gasteiger partial charge in [-0.1, -0.05) is 48.5 Å². The lowest BCUT2D eigenvalue weighted by atomic mass is 9.91. The van der Waals surface area contributed by atoms with Gasteiger partial charge < -0.3 is 5.32 Å². The third-order valence-corrected chi connectivity index (χ3v) is 3.37. The van der Waals surface area contributed by atoms with E-state index in [1.807, 2.05) is 36.4 Å². The van der Waals surface area contributed by atoms with Crippen molar-refractivity contribution in [2.75, 3.05) is 0 Å². The number of Topliss-reactive ketones (excluding diaryl/α,β-unsaturated/α-hetero) is 1. The van der Waals surface area contributed by atoms with Crippen LogP contribution >= 0.6 is 0 Å². The molecule has 3 nitrogen and oxygen atoms in total. The van der Waals surface area contributed by atoms with Crippen molar-refractivity contribution >= 4 is 11.7 Å². The van der Waals surface area contributed by atoms with E-state index in [1.54, 1.807) is 18.2 Å².